The van der Waals surface area contributed by atoms with Gasteiger partial charge in [-0.25, -0.2) is 0 Å². The summed E-state index contributed by atoms with van der Waals surface area (Å²) in [6.07, 6.45) is 18.6. The topological polar surface area (TPSA) is 18.5 Å². The van der Waals surface area contributed by atoms with Gasteiger partial charge in [0.1, 0.15) is 0 Å². The largest absolute Gasteiger partial charge is 0.368 e. The highest BCUT2D eigenvalue weighted by atomic mass is 16.5. The number of hydrogen-bond acceptors (Lipinski definition) is 2. The third kappa shape index (κ3) is 3.69. The molecule has 0 radical (unpaired) electrons. The Kier molecular flexibility index (Phi) is 4.20. The predicted molar refractivity (Wildman–Crippen MR) is 74.5 cm³/mol. The monoisotopic (exact) mass is 246 g/mol. The lowest BCUT2D eigenvalue weighted by Crippen LogP contribution is -2.32. The van der Waals surface area contributed by atoms with Gasteiger partial charge in [0.15, 0.2) is 0 Å². The van der Waals surface area contributed by atoms with E-state index in [1.807, 2.05) is 12.2 Å². The summed E-state index contributed by atoms with van der Waals surface area (Å²) in [4.78, 5) is 0. The Morgan fingerprint density at radius 1 is 0.778 bits per heavy atom. The molecule has 18 heavy (non-hydrogen) atoms. The SMILES string of the molecule is CC1(OCCOC2(C)C=CC=CC2)C=CC=CC1. The van der Waals surface area contributed by atoms with Gasteiger partial charge in [-0.3, -0.25) is 0 Å². The van der Waals surface area contributed by atoms with Gasteiger partial charge in [-0.15, -0.1) is 0 Å². The highest BCUT2D eigenvalue weighted by Crippen LogP contribution is 2.23. The molecule has 0 spiro atoms. The summed E-state index contributed by atoms with van der Waals surface area (Å²) < 4.78 is 11.8. The van der Waals surface area contributed by atoms with Crippen LogP contribution in [-0.4, -0.2) is 24.4 Å². The van der Waals surface area contributed by atoms with Crippen LogP contribution in [-0.2, 0) is 9.47 Å². The fourth-order valence-corrected chi connectivity index (χ4v) is 2.18. The van der Waals surface area contributed by atoms with E-state index in [1.165, 1.54) is 0 Å². The maximum Gasteiger partial charge on any atom is 0.0872 e. The van der Waals surface area contributed by atoms with Crippen molar-refractivity contribution in [2.24, 2.45) is 0 Å². The van der Waals surface area contributed by atoms with E-state index in [0.717, 1.165) is 12.8 Å². The van der Waals surface area contributed by atoms with Crippen molar-refractivity contribution >= 4 is 0 Å². The standard InChI is InChI=1S/C16H22O2/c1-15(9-5-3-6-10-15)17-13-14-18-16(2)11-7-4-8-12-16/h3-9,11H,10,12-14H2,1-2H3. The zero-order chi connectivity index (χ0) is 12.9. The lowest BCUT2D eigenvalue weighted by molar-refractivity contribution is -0.0630. The molecule has 2 aliphatic carbocycles. The van der Waals surface area contributed by atoms with E-state index in [1.54, 1.807) is 0 Å². The molecule has 0 amide bonds. The summed E-state index contributed by atoms with van der Waals surface area (Å²) in [6.45, 7) is 5.47. The molecule has 2 atom stereocenters. The quantitative estimate of drug-likeness (QED) is 0.690. The van der Waals surface area contributed by atoms with Gasteiger partial charge in [0.05, 0.1) is 24.4 Å². The second-order valence-electron chi connectivity index (χ2n) is 5.31. The van der Waals surface area contributed by atoms with Gasteiger partial charge >= 0.3 is 0 Å². The lowest BCUT2D eigenvalue weighted by Gasteiger charge is -2.30. The number of ether oxygens (including phenoxy) is 2. The molecule has 2 rings (SSSR count). The van der Waals surface area contributed by atoms with Crippen LogP contribution in [0.1, 0.15) is 26.7 Å². The van der Waals surface area contributed by atoms with E-state index < -0.39 is 0 Å². The van der Waals surface area contributed by atoms with Crippen LogP contribution < -0.4 is 0 Å². The maximum atomic E-state index is 5.90. The zero-order valence-electron chi connectivity index (χ0n) is 11.3. The first-order valence-electron chi connectivity index (χ1n) is 6.59. The van der Waals surface area contributed by atoms with Crippen molar-refractivity contribution in [2.45, 2.75) is 37.9 Å². The Morgan fingerprint density at radius 3 is 1.56 bits per heavy atom. The molecule has 0 aromatic carbocycles. The Labute approximate surface area is 110 Å². The lowest BCUT2D eigenvalue weighted by atomic mass is 9.97. The van der Waals surface area contributed by atoms with Crippen molar-refractivity contribution in [1.82, 2.24) is 0 Å². The Bertz CT molecular complexity index is 354. The van der Waals surface area contributed by atoms with Gasteiger partial charge in [0.25, 0.3) is 0 Å². The first kappa shape index (κ1) is 13.3. The van der Waals surface area contributed by atoms with Crippen LogP contribution in [0.5, 0.6) is 0 Å². The Morgan fingerprint density at radius 2 is 1.22 bits per heavy atom. The summed E-state index contributed by atoms with van der Waals surface area (Å²) in [5, 5.41) is 0. The first-order valence-corrected chi connectivity index (χ1v) is 6.59. The molecule has 0 aromatic rings. The van der Waals surface area contributed by atoms with Crippen molar-refractivity contribution in [3.63, 3.8) is 0 Å². The molecule has 98 valence electrons. The van der Waals surface area contributed by atoms with E-state index in [-0.39, 0.29) is 11.2 Å². The van der Waals surface area contributed by atoms with Gasteiger partial charge in [-0.2, -0.15) is 0 Å². The highest BCUT2D eigenvalue weighted by molar-refractivity contribution is 5.18. The van der Waals surface area contributed by atoms with Crippen LogP contribution in [0.15, 0.2) is 48.6 Å². The van der Waals surface area contributed by atoms with Crippen molar-refractivity contribution < 1.29 is 9.47 Å². The highest BCUT2D eigenvalue weighted by Gasteiger charge is 2.23. The molecule has 0 bridgehead atoms. The van der Waals surface area contributed by atoms with Gasteiger partial charge < -0.3 is 9.47 Å². The minimum atomic E-state index is -0.165. The van der Waals surface area contributed by atoms with Gasteiger partial charge in [0, 0.05) is 0 Å². The van der Waals surface area contributed by atoms with Crippen molar-refractivity contribution in [1.29, 1.82) is 0 Å². The van der Waals surface area contributed by atoms with Gasteiger partial charge in [-0.1, -0.05) is 48.6 Å². The molecule has 2 heteroatoms. The summed E-state index contributed by atoms with van der Waals surface area (Å²) in [6, 6.07) is 0. The minimum absolute atomic E-state index is 0.165. The van der Waals surface area contributed by atoms with Gasteiger partial charge in [-0.05, 0) is 26.7 Å². The van der Waals surface area contributed by atoms with Gasteiger partial charge in [0.2, 0.25) is 0 Å². The van der Waals surface area contributed by atoms with E-state index in [2.05, 4.69) is 50.3 Å². The van der Waals surface area contributed by atoms with E-state index in [4.69, 9.17) is 9.47 Å². The number of hydrogen-bond donors (Lipinski definition) is 0. The van der Waals surface area contributed by atoms with Crippen LogP contribution in [0, 0.1) is 0 Å². The van der Waals surface area contributed by atoms with E-state index in [0.29, 0.717) is 13.2 Å². The number of rotatable bonds is 5. The summed E-state index contributed by atoms with van der Waals surface area (Å²) >= 11 is 0. The molecule has 2 nitrogen and oxygen atoms in total. The van der Waals surface area contributed by atoms with Crippen LogP contribution in [0.4, 0.5) is 0 Å². The molecule has 0 aromatic heterocycles. The average Bonchev–Trinajstić information content (AvgIpc) is 2.37. The van der Waals surface area contributed by atoms with Crippen LogP contribution in [0.3, 0.4) is 0 Å². The van der Waals surface area contributed by atoms with Crippen molar-refractivity contribution in [2.75, 3.05) is 13.2 Å². The summed E-state index contributed by atoms with van der Waals surface area (Å²) in [5.74, 6) is 0. The van der Waals surface area contributed by atoms with Crippen molar-refractivity contribution in [3.05, 3.63) is 48.6 Å². The molecule has 0 N–H and O–H groups in total. The summed E-state index contributed by atoms with van der Waals surface area (Å²) in [5.41, 5.74) is -0.331. The molecule has 0 saturated carbocycles. The van der Waals surface area contributed by atoms with Crippen LogP contribution in [0.2, 0.25) is 0 Å². The van der Waals surface area contributed by atoms with Crippen molar-refractivity contribution in [3.8, 4) is 0 Å². The molecular weight excluding hydrogens is 224 g/mol. The molecular formula is C16H22O2. The Balaban J connectivity index is 1.70. The normalized spacial score (nSPS) is 34.1. The smallest absolute Gasteiger partial charge is 0.0872 e. The molecule has 0 fully saturated rings. The second-order valence-corrected chi connectivity index (χ2v) is 5.31. The van der Waals surface area contributed by atoms with E-state index >= 15 is 0 Å². The maximum absolute atomic E-state index is 5.90. The number of allylic oxidation sites excluding steroid dienone is 4. The second kappa shape index (κ2) is 5.68. The molecule has 0 aliphatic heterocycles. The molecule has 2 aliphatic rings. The summed E-state index contributed by atoms with van der Waals surface area (Å²) in [7, 11) is 0. The molecule has 0 saturated heterocycles. The Hall–Kier alpha value is -1.12. The molecule has 0 heterocycles. The van der Waals surface area contributed by atoms with Crippen LogP contribution in [0.25, 0.3) is 0 Å². The molecule has 2 unspecified atom stereocenters. The third-order valence-corrected chi connectivity index (χ3v) is 3.39. The fraction of sp³-hybridized carbons (Fsp3) is 0.500. The minimum Gasteiger partial charge on any atom is -0.368 e. The third-order valence-electron chi connectivity index (χ3n) is 3.39. The zero-order valence-corrected chi connectivity index (χ0v) is 11.3. The van der Waals surface area contributed by atoms with Crippen LogP contribution >= 0.6 is 0 Å². The predicted octanol–water partition coefficient (Wildman–Crippen LogP) is 3.57. The average molecular weight is 246 g/mol. The van der Waals surface area contributed by atoms with E-state index in [9.17, 15) is 0 Å². The fourth-order valence-electron chi connectivity index (χ4n) is 2.18. The first-order chi connectivity index (χ1) is 8.62.